The minimum absolute atomic E-state index is 0.0157. The molecule has 1 saturated heterocycles. The second kappa shape index (κ2) is 8.52. The van der Waals surface area contributed by atoms with Crippen molar-refractivity contribution in [3.63, 3.8) is 0 Å². The molecule has 136 valence electrons. The molecule has 2 aromatic carbocycles. The van der Waals surface area contributed by atoms with Crippen molar-refractivity contribution in [1.29, 1.82) is 0 Å². The number of anilines is 1. The number of likely N-dealkylation sites (tertiary alicyclic amines) is 1. The molecule has 0 saturated carbocycles. The standard InChI is InChI=1S/C21H25N3O2/c1-16-7-5-11-19(13-16)23-21(26)24-12-6-10-18(15-24)20(25)22-14-17-8-3-2-4-9-17/h2-5,7-9,11,13,18H,6,10,12,14-15H2,1H3,(H,22,25)(H,23,26)/t18-/m1/s1. The van der Waals surface area contributed by atoms with Gasteiger partial charge in [-0.15, -0.1) is 0 Å². The predicted octanol–water partition coefficient (Wildman–Crippen LogP) is 3.56. The van der Waals surface area contributed by atoms with Crippen molar-refractivity contribution in [3.8, 4) is 0 Å². The van der Waals surface area contributed by atoms with Crippen molar-refractivity contribution in [2.75, 3.05) is 18.4 Å². The highest BCUT2D eigenvalue weighted by Crippen LogP contribution is 2.18. The molecule has 3 rings (SSSR count). The monoisotopic (exact) mass is 351 g/mol. The second-order valence-electron chi connectivity index (χ2n) is 6.79. The van der Waals surface area contributed by atoms with Crippen LogP contribution in [0.5, 0.6) is 0 Å². The molecule has 1 aliphatic rings. The van der Waals surface area contributed by atoms with Gasteiger partial charge in [0, 0.05) is 25.3 Å². The number of benzene rings is 2. The second-order valence-corrected chi connectivity index (χ2v) is 6.79. The molecule has 2 aromatic rings. The van der Waals surface area contributed by atoms with Crippen LogP contribution in [0, 0.1) is 12.8 Å². The molecule has 1 fully saturated rings. The topological polar surface area (TPSA) is 61.4 Å². The van der Waals surface area contributed by atoms with E-state index in [1.54, 1.807) is 4.90 Å². The Kier molecular flexibility index (Phi) is 5.89. The maximum absolute atomic E-state index is 12.5. The highest BCUT2D eigenvalue weighted by molar-refractivity contribution is 5.90. The quantitative estimate of drug-likeness (QED) is 0.885. The summed E-state index contributed by atoms with van der Waals surface area (Å²) in [4.78, 5) is 26.7. The van der Waals surface area contributed by atoms with Crippen molar-refractivity contribution >= 4 is 17.6 Å². The van der Waals surface area contributed by atoms with Crippen molar-refractivity contribution in [2.24, 2.45) is 5.92 Å². The number of aryl methyl sites for hydroxylation is 1. The largest absolute Gasteiger partial charge is 0.352 e. The Balaban J connectivity index is 1.53. The molecule has 3 amide bonds. The molecule has 0 bridgehead atoms. The Hall–Kier alpha value is -2.82. The summed E-state index contributed by atoms with van der Waals surface area (Å²) in [5.41, 5.74) is 2.95. The zero-order chi connectivity index (χ0) is 18.4. The molecule has 1 heterocycles. The summed E-state index contributed by atoms with van der Waals surface area (Å²) in [6.45, 7) is 3.65. The van der Waals surface area contributed by atoms with Crippen LogP contribution in [0.4, 0.5) is 10.5 Å². The summed E-state index contributed by atoms with van der Waals surface area (Å²) in [5, 5.41) is 5.91. The lowest BCUT2D eigenvalue weighted by Gasteiger charge is -2.32. The van der Waals surface area contributed by atoms with E-state index in [0.29, 0.717) is 19.6 Å². The minimum Gasteiger partial charge on any atom is -0.352 e. The molecule has 26 heavy (non-hydrogen) atoms. The number of piperidine rings is 1. The van der Waals surface area contributed by atoms with E-state index < -0.39 is 0 Å². The lowest BCUT2D eigenvalue weighted by atomic mass is 9.97. The predicted molar refractivity (Wildman–Crippen MR) is 103 cm³/mol. The van der Waals surface area contributed by atoms with Crippen molar-refractivity contribution < 1.29 is 9.59 Å². The Morgan fingerprint density at radius 2 is 1.92 bits per heavy atom. The van der Waals surface area contributed by atoms with Crippen LogP contribution in [0.1, 0.15) is 24.0 Å². The number of hydrogen-bond acceptors (Lipinski definition) is 2. The summed E-state index contributed by atoms with van der Waals surface area (Å²) < 4.78 is 0. The SMILES string of the molecule is Cc1cccc(NC(=O)N2CCC[C@@H](C(=O)NCc3ccccc3)C2)c1. The number of amides is 3. The number of carbonyl (C=O) groups excluding carboxylic acids is 2. The fraction of sp³-hybridized carbons (Fsp3) is 0.333. The van der Waals surface area contributed by atoms with Gasteiger partial charge in [-0.2, -0.15) is 0 Å². The van der Waals surface area contributed by atoms with Crippen molar-refractivity contribution in [3.05, 3.63) is 65.7 Å². The lowest BCUT2D eigenvalue weighted by molar-refractivity contribution is -0.126. The van der Waals surface area contributed by atoms with Crippen LogP contribution in [0.25, 0.3) is 0 Å². The van der Waals surface area contributed by atoms with E-state index >= 15 is 0 Å². The van der Waals surface area contributed by atoms with Crippen LogP contribution < -0.4 is 10.6 Å². The van der Waals surface area contributed by atoms with Gasteiger partial charge in [0.05, 0.1) is 5.92 Å². The molecule has 1 aliphatic heterocycles. The van der Waals surface area contributed by atoms with Crippen LogP contribution >= 0.6 is 0 Å². The van der Waals surface area contributed by atoms with Crippen LogP contribution in [-0.4, -0.2) is 29.9 Å². The van der Waals surface area contributed by atoms with E-state index in [1.807, 2.05) is 61.5 Å². The van der Waals surface area contributed by atoms with Crippen LogP contribution in [0.15, 0.2) is 54.6 Å². The van der Waals surface area contributed by atoms with Crippen molar-refractivity contribution in [2.45, 2.75) is 26.3 Å². The van der Waals surface area contributed by atoms with E-state index in [-0.39, 0.29) is 17.9 Å². The van der Waals surface area contributed by atoms with Gasteiger partial charge in [-0.05, 0) is 43.0 Å². The Morgan fingerprint density at radius 1 is 1.12 bits per heavy atom. The fourth-order valence-electron chi connectivity index (χ4n) is 3.23. The molecule has 1 atom stereocenters. The van der Waals surface area contributed by atoms with Gasteiger partial charge in [-0.3, -0.25) is 4.79 Å². The molecular weight excluding hydrogens is 326 g/mol. The zero-order valence-electron chi connectivity index (χ0n) is 15.1. The number of urea groups is 1. The normalized spacial score (nSPS) is 16.8. The molecule has 2 N–H and O–H groups in total. The number of nitrogens with zero attached hydrogens (tertiary/aromatic N) is 1. The van der Waals surface area contributed by atoms with Crippen LogP contribution in [0.3, 0.4) is 0 Å². The molecular formula is C21H25N3O2. The fourth-order valence-corrected chi connectivity index (χ4v) is 3.23. The Labute approximate surface area is 154 Å². The summed E-state index contributed by atoms with van der Waals surface area (Å²) in [6, 6.07) is 17.4. The average molecular weight is 351 g/mol. The van der Waals surface area contributed by atoms with Gasteiger partial charge in [0.25, 0.3) is 0 Å². The van der Waals surface area contributed by atoms with Gasteiger partial charge in [0.2, 0.25) is 5.91 Å². The molecule has 0 spiro atoms. The van der Waals surface area contributed by atoms with E-state index in [2.05, 4.69) is 10.6 Å². The Morgan fingerprint density at radius 3 is 2.69 bits per heavy atom. The third kappa shape index (κ3) is 4.85. The summed E-state index contributed by atoms with van der Waals surface area (Å²) >= 11 is 0. The zero-order valence-corrected chi connectivity index (χ0v) is 15.1. The van der Waals surface area contributed by atoms with Gasteiger partial charge >= 0.3 is 6.03 Å². The maximum Gasteiger partial charge on any atom is 0.321 e. The lowest BCUT2D eigenvalue weighted by Crippen LogP contribution is -2.46. The van der Waals surface area contributed by atoms with Gasteiger partial charge in [-0.25, -0.2) is 4.79 Å². The van der Waals surface area contributed by atoms with Gasteiger partial charge in [-0.1, -0.05) is 42.5 Å². The molecule has 0 aliphatic carbocycles. The van der Waals surface area contributed by atoms with E-state index in [1.165, 1.54) is 0 Å². The highest BCUT2D eigenvalue weighted by atomic mass is 16.2. The van der Waals surface area contributed by atoms with Gasteiger partial charge < -0.3 is 15.5 Å². The van der Waals surface area contributed by atoms with Gasteiger partial charge in [0.1, 0.15) is 0 Å². The molecule has 0 radical (unpaired) electrons. The number of nitrogens with one attached hydrogen (secondary N) is 2. The molecule has 0 unspecified atom stereocenters. The van der Waals surface area contributed by atoms with Crippen LogP contribution in [-0.2, 0) is 11.3 Å². The third-order valence-corrected chi connectivity index (χ3v) is 4.66. The summed E-state index contributed by atoms with van der Waals surface area (Å²) in [5.74, 6) is -0.141. The first-order valence-electron chi connectivity index (χ1n) is 9.06. The number of rotatable bonds is 4. The molecule has 0 aromatic heterocycles. The summed E-state index contributed by atoms with van der Waals surface area (Å²) in [6.07, 6.45) is 1.65. The maximum atomic E-state index is 12.5. The van der Waals surface area contributed by atoms with E-state index in [0.717, 1.165) is 29.7 Å². The summed E-state index contributed by atoms with van der Waals surface area (Å²) in [7, 11) is 0. The Bertz CT molecular complexity index is 761. The molecule has 5 heteroatoms. The first-order valence-corrected chi connectivity index (χ1v) is 9.06. The van der Waals surface area contributed by atoms with Gasteiger partial charge in [0.15, 0.2) is 0 Å². The molecule has 5 nitrogen and oxygen atoms in total. The van der Waals surface area contributed by atoms with Crippen LogP contribution in [0.2, 0.25) is 0 Å². The average Bonchev–Trinajstić information content (AvgIpc) is 2.67. The minimum atomic E-state index is -0.157. The number of carbonyl (C=O) groups is 2. The third-order valence-electron chi connectivity index (χ3n) is 4.66. The van der Waals surface area contributed by atoms with E-state index in [9.17, 15) is 9.59 Å². The van der Waals surface area contributed by atoms with E-state index in [4.69, 9.17) is 0 Å². The van der Waals surface area contributed by atoms with Crippen molar-refractivity contribution in [1.82, 2.24) is 10.2 Å². The first kappa shape index (κ1) is 18.0. The smallest absolute Gasteiger partial charge is 0.321 e. The highest BCUT2D eigenvalue weighted by Gasteiger charge is 2.28. The number of hydrogen-bond donors (Lipinski definition) is 2. The first-order chi connectivity index (χ1) is 12.6.